The number of imide groups is 1. The average molecular weight is 363 g/mol. The van der Waals surface area contributed by atoms with Crippen molar-refractivity contribution in [3.05, 3.63) is 0 Å². The minimum Gasteiger partial charge on any atom is -0.481 e. The summed E-state index contributed by atoms with van der Waals surface area (Å²) in [5, 5.41) is 14.7. The second kappa shape index (κ2) is 6.83. The molecule has 7 nitrogen and oxygen atoms in total. The third kappa shape index (κ3) is 3.72. The molecule has 4 aliphatic carbocycles. The summed E-state index contributed by atoms with van der Waals surface area (Å²) >= 11 is 0. The van der Waals surface area contributed by atoms with E-state index in [9.17, 15) is 14.4 Å². The second-order valence-corrected chi connectivity index (χ2v) is 9.11. The van der Waals surface area contributed by atoms with Gasteiger partial charge >= 0.3 is 12.0 Å². The molecule has 1 aliphatic heterocycles. The van der Waals surface area contributed by atoms with Crippen molar-refractivity contribution in [2.75, 3.05) is 19.6 Å². The number of carbonyl (C=O) groups excluding carboxylic acids is 2. The fourth-order valence-electron chi connectivity index (χ4n) is 6.31. The van der Waals surface area contributed by atoms with Gasteiger partial charge in [0.2, 0.25) is 5.91 Å². The number of amides is 3. The van der Waals surface area contributed by atoms with Crippen LogP contribution in [0, 0.1) is 23.7 Å². The van der Waals surface area contributed by atoms with E-state index in [1.54, 1.807) is 0 Å². The van der Waals surface area contributed by atoms with Gasteiger partial charge in [0.15, 0.2) is 0 Å². The Balaban J connectivity index is 1.27. The van der Waals surface area contributed by atoms with Crippen LogP contribution in [0.25, 0.3) is 0 Å². The largest absolute Gasteiger partial charge is 0.481 e. The molecular weight excluding hydrogens is 334 g/mol. The lowest BCUT2D eigenvalue weighted by Gasteiger charge is -2.56. The van der Waals surface area contributed by atoms with Crippen LogP contribution in [0.1, 0.15) is 51.4 Å². The van der Waals surface area contributed by atoms with E-state index in [0.29, 0.717) is 19.5 Å². The molecule has 3 amide bonds. The molecule has 0 spiro atoms. The third-order valence-corrected chi connectivity index (χ3v) is 6.89. The topological polar surface area (TPSA) is 98.7 Å². The van der Waals surface area contributed by atoms with Crippen molar-refractivity contribution < 1.29 is 19.5 Å². The molecule has 5 aliphatic rings. The Morgan fingerprint density at radius 2 is 1.65 bits per heavy atom. The lowest BCUT2D eigenvalue weighted by Crippen LogP contribution is -2.62. The van der Waals surface area contributed by atoms with Gasteiger partial charge in [-0.3, -0.25) is 19.8 Å². The first-order valence-electron chi connectivity index (χ1n) is 9.98. The van der Waals surface area contributed by atoms with Crippen molar-refractivity contribution in [3.8, 4) is 0 Å². The van der Waals surface area contributed by atoms with E-state index in [4.69, 9.17) is 5.11 Å². The maximum absolute atomic E-state index is 12.4. The molecule has 1 heterocycles. The van der Waals surface area contributed by atoms with Crippen LogP contribution in [0.2, 0.25) is 0 Å². The van der Waals surface area contributed by atoms with Gasteiger partial charge in [-0.05, 0) is 75.7 Å². The van der Waals surface area contributed by atoms with Gasteiger partial charge in [0, 0.05) is 12.1 Å². The quantitative estimate of drug-likeness (QED) is 0.704. The molecule has 0 aromatic heterocycles. The van der Waals surface area contributed by atoms with Crippen molar-refractivity contribution in [2.24, 2.45) is 23.7 Å². The molecule has 0 aromatic rings. The zero-order valence-electron chi connectivity index (χ0n) is 15.2. The number of piperidine rings is 1. The summed E-state index contributed by atoms with van der Waals surface area (Å²) < 4.78 is 0. The SMILES string of the molecule is O=C(CN1CCCC(C(=O)O)C1)NC(=O)NC12CC3CC(CC(C3)C1)C2. The Hall–Kier alpha value is -1.63. The molecule has 5 fully saturated rings. The maximum Gasteiger partial charge on any atom is 0.321 e. The summed E-state index contributed by atoms with van der Waals surface area (Å²) in [4.78, 5) is 37.6. The minimum absolute atomic E-state index is 0.0814. The summed E-state index contributed by atoms with van der Waals surface area (Å²) in [6, 6.07) is -0.385. The van der Waals surface area contributed by atoms with E-state index in [1.807, 2.05) is 4.90 Å². The zero-order chi connectivity index (χ0) is 18.3. The number of aliphatic carboxylic acids is 1. The second-order valence-electron chi connectivity index (χ2n) is 9.11. The lowest BCUT2D eigenvalue weighted by molar-refractivity contribution is -0.144. The van der Waals surface area contributed by atoms with Gasteiger partial charge in [0.25, 0.3) is 0 Å². The highest BCUT2D eigenvalue weighted by Gasteiger charge is 2.51. The molecule has 0 radical (unpaired) electrons. The van der Waals surface area contributed by atoms with Crippen LogP contribution in [-0.4, -0.2) is 53.1 Å². The van der Waals surface area contributed by atoms with Crippen LogP contribution in [0.15, 0.2) is 0 Å². The van der Waals surface area contributed by atoms with Crippen molar-refractivity contribution in [1.82, 2.24) is 15.5 Å². The van der Waals surface area contributed by atoms with Crippen LogP contribution in [0.4, 0.5) is 4.79 Å². The number of nitrogens with zero attached hydrogens (tertiary/aromatic N) is 1. The fraction of sp³-hybridized carbons (Fsp3) is 0.842. The van der Waals surface area contributed by atoms with E-state index in [2.05, 4.69) is 10.6 Å². The van der Waals surface area contributed by atoms with Gasteiger partial charge in [-0.2, -0.15) is 0 Å². The number of likely N-dealkylation sites (tertiary alicyclic amines) is 1. The van der Waals surface area contributed by atoms with Crippen molar-refractivity contribution >= 4 is 17.9 Å². The van der Waals surface area contributed by atoms with E-state index >= 15 is 0 Å². The zero-order valence-corrected chi connectivity index (χ0v) is 15.2. The number of hydrogen-bond donors (Lipinski definition) is 3. The molecule has 5 rings (SSSR count). The molecule has 26 heavy (non-hydrogen) atoms. The van der Waals surface area contributed by atoms with Crippen LogP contribution in [0.5, 0.6) is 0 Å². The standard InChI is InChI=1S/C19H29N3O4/c23-16(11-22-3-1-2-15(10-22)17(24)25)20-18(26)21-19-7-12-4-13(8-19)6-14(5-12)9-19/h12-15H,1-11H2,(H,24,25)(H2,20,21,23,26). The fourth-order valence-corrected chi connectivity index (χ4v) is 6.31. The normalized spacial score (nSPS) is 38.8. The number of urea groups is 1. The predicted molar refractivity (Wildman–Crippen MR) is 94.4 cm³/mol. The number of carboxylic acids is 1. The van der Waals surface area contributed by atoms with Crippen molar-refractivity contribution in [1.29, 1.82) is 0 Å². The van der Waals surface area contributed by atoms with E-state index in [-0.39, 0.29) is 24.0 Å². The predicted octanol–water partition coefficient (Wildman–Crippen LogP) is 1.58. The molecule has 144 valence electrons. The number of hydrogen-bond acceptors (Lipinski definition) is 4. The molecule has 1 atom stereocenters. The lowest BCUT2D eigenvalue weighted by atomic mass is 9.53. The summed E-state index contributed by atoms with van der Waals surface area (Å²) in [6.45, 7) is 1.16. The summed E-state index contributed by atoms with van der Waals surface area (Å²) in [5.74, 6) is 0.626. The molecule has 1 unspecified atom stereocenters. The van der Waals surface area contributed by atoms with E-state index in [1.165, 1.54) is 19.3 Å². The Kier molecular flexibility index (Phi) is 4.67. The van der Waals surface area contributed by atoms with E-state index < -0.39 is 11.9 Å². The summed E-state index contributed by atoms with van der Waals surface area (Å²) in [7, 11) is 0. The molecule has 3 N–H and O–H groups in total. The van der Waals surface area contributed by atoms with Gasteiger partial charge in [-0.1, -0.05) is 0 Å². The highest BCUT2D eigenvalue weighted by atomic mass is 16.4. The van der Waals surface area contributed by atoms with Crippen LogP contribution in [-0.2, 0) is 9.59 Å². The number of carbonyl (C=O) groups is 3. The molecule has 1 saturated heterocycles. The highest BCUT2D eigenvalue weighted by Crippen LogP contribution is 2.55. The van der Waals surface area contributed by atoms with Crippen LogP contribution < -0.4 is 10.6 Å². The Morgan fingerprint density at radius 3 is 2.23 bits per heavy atom. The van der Waals surface area contributed by atoms with Gasteiger partial charge < -0.3 is 10.4 Å². The number of rotatable bonds is 4. The third-order valence-electron chi connectivity index (χ3n) is 6.89. The Labute approximate surface area is 153 Å². The Morgan fingerprint density at radius 1 is 1.04 bits per heavy atom. The Bertz CT molecular complexity index is 570. The van der Waals surface area contributed by atoms with Gasteiger partial charge in [0.1, 0.15) is 0 Å². The van der Waals surface area contributed by atoms with Crippen molar-refractivity contribution in [2.45, 2.75) is 56.9 Å². The molecule has 4 bridgehead atoms. The molecular formula is C19H29N3O4. The maximum atomic E-state index is 12.4. The van der Waals surface area contributed by atoms with Crippen LogP contribution >= 0.6 is 0 Å². The first-order valence-corrected chi connectivity index (χ1v) is 9.98. The minimum atomic E-state index is -0.810. The number of nitrogens with one attached hydrogen (secondary N) is 2. The summed E-state index contributed by atoms with van der Waals surface area (Å²) in [6.07, 6.45) is 8.49. The van der Waals surface area contributed by atoms with Gasteiger partial charge in [-0.25, -0.2) is 4.79 Å². The van der Waals surface area contributed by atoms with Gasteiger partial charge in [-0.15, -0.1) is 0 Å². The van der Waals surface area contributed by atoms with Gasteiger partial charge in [0.05, 0.1) is 12.5 Å². The monoisotopic (exact) mass is 363 g/mol. The first kappa shape index (κ1) is 17.8. The average Bonchev–Trinajstić information content (AvgIpc) is 2.52. The molecule has 7 heteroatoms. The van der Waals surface area contributed by atoms with Crippen molar-refractivity contribution in [3.63, 3.8) is 0 Å². The summed E-state index contributed by atoms with van der Waals surface area (Å²) in [5.41, 5.74) is -0.112. The highest BCUT2D eigenvalue weighted by molar-refractivity contribution is 5.95. The number of carboxylic acid groups (broad SMARTS) is 1. The van der Waals surface area contributed by atoms with Crippen LogP contribution in [0.3, 0.4) is 0 Å². The van der Waals surface area contributed by atoms with E-state index in [0.717, 1.165) is 43.4 Å². The smallest absolute Gasteiger partial charge is 0.321 e. The first-order chi connectivity index (χ1) is 12.4. The molecule has 0 aromatic carbocycles. The molecule has 4 saturated carbocycles.